The summed E-state index contributed by atoms with van der Waals surface area (Å²) in [5.74, 6) is 0.513. The Kier molecular flexibility index (Phi) is 6.49. The van der Waals surface area contributed by atoms with Crippen molar-refractivity contribution in [2.24, 2.45) is 0 Å². The molecule has 1 N–H and O–H groups in total. The molecule has 1 unspecified atom stereocenters. The average molecular weight is 335 g/mol. The van der Waals surface area contributed by atoms with Gasteiger partial charge in [0.25, 0.3) is 0 Å². The zero-order valence-electron chi connectivity index (χ0n) is 16.6. The average Bonchev–Trinajstić information content (AvgIpc) is 2.44. The number of esters is 1. The maximum absolute atomic E-state index is 11.3. The molecule has 0 aromatic heterocycles. The largest absolute Gasteiger partial charge is 0.507 e. The lowest BCUT2D eigenvalue weighted by atomic mass is 9.77. The second-order valence-electron chi connectivity index (χ2n) is 8.73. The number of rotatable bonds is 5. The van der Waals surface area contributed by atoms with Crippen LogP contribution in [0.5, 0.6) is 5.75 Å². The van der Waals surface area contributed by atoms with Gasteiger partial charge in [0, 0.05) is 6.42 Å². The highest BCUT2D eigenvalue weighted by Gasteiger charge is 2.27. The van der Waals surface area contributed by atoms with Gasteiger partial charge in [-0.15, -0.1) is 0 Å². The highest BCUT2D eigenvalue weighted by Crippen LogP contribution is 2.41. The minimum Gasteiger partial charge on any atom is -0.507 e. The van der Waals surface area contributed by atoms with E-state index in [1.54, 1.807) is 6.92 Å². The monoisotopic (exact) mass is 334 g/mol. The summed E-state index contributed by atoms with van der Waals surface area (Å²) in [6.45, 7) is 17.1. The van der Waals surface area contributed by atoms with Gasteiger partial charge in [-0.3, -0.25) is 4.79 Å². The van der Waals surface area contributed by atoms with Gasteiger partial charge in [0.1, 0.15) is 5.75 Å². The molecular weight excluding hydrogens is 300 g/mol. The Hall–Kier alpha value is -1.51. The first-order chi connectivity index (χ1) is 10.9. The Balaban J connectivity index is 3.17. The Bertz CT molecular complexity index is 539. The Labute approximate surface area is 147 Å². The summed E-state index contributed by atoms with van der Waals surface area (Å²) in [6, 6.07) is 4.22. The minimum absolute atomic E-state index is 0.130. The van der Waals surface area contributed by atoms with Gasteiger partial charge in [-0.2, -0.15) is 0 Å². The number of phenolic OH excluding ortho intramolecular Hbond substituents is 1. The molecule has 1 aromatic carbocycles. The molecule has 0 aliphatic heterocycles. The van der Waals surface area contributed by atoms with Crippen molar-refractivity contribution < 1.29 is 14.6 Å². The minimum atomic E-state index is -0.154. The van der Waals surface area contributed by atoms with Crippen LogP contribution in [0.15, 0.2) is 12.1 Å². The molecule has 0 radical (unpaired) electrons. The first-order valence-electron chi connectivity index (χ1n) is 8.91. The number of hydrogen-bond acceptors (Lipinski definition) is 3. The number of hydrogen-bond donors (Lipinski definition) is 1. The van der Waals surface area contributed by atoms with Crippen LogP contribution in [0.2, 0.25) is 0 Å². The van der Waals surface area contributed by atoms with Crippen molar-refractivity contribution in [1.82, 2.24) is 0 Å². The quantitative estimate of drug-likeness (QED) is 0.730. The fraction of sp³-hybridized carbons (Fsp3) is 0.667. The zero-order chi connectivity index (χ0) is 18.7. The summed E-state index contributed by atoms with van der Waals surface area (Å²) in [5.41, 5.74) is 2.88. The number of benzene rings is 1. The molecule has 0 spiro atoms. The normalized spacial score (nSPS) is 13.7. The van der Waals surface area contributed by atoms with Crippen molar-refractivity contribution in [3.63, 3.8) is 0 Å². The van der Waals surface area contributed by atoms with Crippen molar-refractivity contribution in [1.29, 1.82) is 0 Å². The molecule has 136 valence electrons. The topological polar surface area (TPSA) is 46.5 Å². The van der Waals surface area contributed by atoms with E-state index in [-0.39, 0.29) is 22.7 Å². The van der Waals surface area contributed by atoms with E-state index in [4.69, 9.17) is 4.74 Å². The molecule has 1 atom stereocenters. The van der Waals surface area contributed by atoms with Crippen molar-refractivity contribution in [2.75, 3.05) is 6.61 Å². The van der Waals surface area contributed by atoms with E-state index < -0.39 is 0 Å². The fourth-order valence-electron chi connectivity index (χ4n) is 2.70. The molecule has 1 rings (SSSR count). The van der Waals surface area contributed by atoms with Crippen molar-refractivity contribution in [3.8, 4) is 5.75 Å². The third-order valence-electron chi connectivity index (χ3n) is 4.42. The molecule has 0 bridgehead atoms. The molecule has 0 aliphatic rings. The van der Waals surface area contributed by atoms with Crippen LogP contribution in [0.3, 0.4) is 0 Å². The maximum Gasteiger partial charge on any atom is 0.305 e. The van der Waals surface area contributed by atoms with Gasteiger partial charge >= 0.3 is 5.97 Å². The van der Waals surface area contributed by atoms with Gasteiger partial charge in [-0.25, -0.2) is 0 Å². The van der Waals surface area contributed by atoms with Gasteiger partial charge < -0.3 is 9.84 Å². The van der Waals surface area contributed by atoms with Crippen LogP contribution in [-0.4, -0.2) is 17.7 Å². The Morgan fingerprint density at radius 1 is 1.08 bits per heavy atom. The Morgan fingerprint density at radius 2 is 1.54 bits per heavy atom. The van der Waals surface area contributed by atoms with E-state index in [1.165, 1.54) is 5.56 Å². The fourth-order valence-corrected chi connectivity index (χ4v) is 2.70. The Morgan fingerprint density at radius 3 is 1.92 bits per heavy atom. The second kappa shape index (κ2) is 7.58. The summed E-state index contributed by atoms with van der Waals surface area (Å²) in [6.07, 6.45) is 1.19. The summed E-state index contributed by atoms with van der Waals surface area (Å²) in [5, 5.41) is 10.8. The number of phenols is 1. The van der Waals surface area contributed by atoms with Crippen LogP contribution in [0.25, 0.3) is 0 Å². The van der Waals surface area contributed by atoms with Crippen molar-refractivity contribution >= 4 is 5.97 Å². The van der Waals surface area contributed by atoms with Gasteiger partial charge in [0.2, 0.25) is 0 Å². The smallest absolute Gasteiger partial charge is 0.305 e. The van der Waals surface area contributed by atoms with E-state index in [0.29, 0.717) is 18.8 Å². The predicted molar refractivity (Wildman–Crippen MR) is 99.8 cm³/mol. The number of carbonyl (C=O) groups is 1. The van der Waals surface area contributed by atoms with Crippen LogP contribution < -0.4 is 0 Å². The summed E-state index contributed by atoms with van der Waals surface area (Å²) in [4.78, 5) is 11.3. The highest BCUT2D eigenvalue weighted by atomic mass is 16.5. The molecule has 3 nitrogen and oxygen atoms in total. The van der Waals surface area contributed by atoms with Crippen molar-refractivity contribution in [3.05, 3.63) is 28.8 Å². The molecule has 0 heterocycles. The number of ether oxygens (including phenoxy) is 1. The molecule has 0 amide bonds. The van der Waals surface area contributed by atoms with E-state index in [1.807, 2.05) is 0 Å². The third kappa shape index (κ3) is 5.25. The van der Waals surface area contributed by atoms with Gasteiger partial charge in [0.15, 0.2) is 0 Å². The van der Waals surface area contributed by atoms with Crippen LogP contribution >= 0.6 is 0 Å². The first kappa shape index (κ1) is 20.5. The van der Waals surface area contributed by atoms with Crippen LogP contribution in [0.1, 0.15) is 90.8 Å². The third-order valence-corrected chi connectivity index (χ3v) is 4.42. The summed E-state index contributed by atoms with van der Waals surface area (Å²) >= 11 is 0. The SMILES string of the molecule is CCC(=O)OCCC(C)c1cc(C(C)(C)C)c(O)c(C(C)(C)C)c1. The molecule has 1 aromatic rings. The van der Waals surface area contributed by atoms with Gasteiger partial charge in [-0.1, -0.05) is 67.5 Å². The summed E-state index contributed by atoms with van der Waals surface area (Å²) in [7, 11) is 0. The maximum atomic E-state index is 11.3. The van der Waals surface area contributed by atoms with Crippen LogP contribution in [0.4, 0.5) is 0 Å². The summed E-state index contributed by atoms with van der Waals surface area (Å²) < 4.78 is 5.21. The molecule has 24 heavy (non-hydrogen) atoms. The van der Waals surface area contributed by atoms with Gasteiger partial charge in [0.05, 0.1) is 6.61 Å². The van der Waals surface area contributed by atoms with E-state index in [0.717, 1.165) is 17.5 Å². The first-order valence-corrected chi connectivity index (χ1v) is 8.91. The van der Waals surface area contributed by atoms with Crippen molar-refractivity contribution in [2.45, 2.75) is 85.0 Å². The zero-order valence-corrected chi connectivity index (χ0v) is 16.6. The lowest BCUT2D eigenvalue weighted by Gasteiger charge is -2.29. The molecular formula is C21H34O3. The molecule has 0 saturated heterocycles. The predicted octanol–water partition coefficient (Wildman–Crippen LogP) is 5.43. The van der Waals surface area contributed by atoms with E-state index >= 15 is 0 Å². The lowest BCUT2D eigenvalue weighted by molar-refractivity contribution is -0.143. The molecule has 3 heteroatoms. The lowest BCUT2D eigenvalue weighted by Crippen LogP contribution is -2.18. The molecule has 0 aliphatic carbocycles. The molecule has 0 saturated carbocycles. The van der Waals surface area contributed by atoms with Crippen LogP contribution in [0, 0.1) is 0 Å². The van der Waals surface area contributed by atoms with E-state index in [2.05, 4.69) is 60.6 Å². The number of aromatic hydroxyl groups is 1. The standard InChI is InChI=1S/C21H34O3/c1-9-18(22)24-11-10-14(2)15-12-16(20(3,4)5)19(23)17(13-15)21(6,7)8/h12-14,23H,9-11H2,1-8H3. The highest BCUT2D eigenvalue weighted by molar-refractivity contribution is 5.68. The second-order valence-corrected chi connectivity index (χ2v) is 8.73. The van der Waals surface area contributed by atoms with E-state index in [9.17, 15) is 9.90 Å². The number of carbonyl (C=O) groups excluding carboxylic acids is 1. The van der Waals surface area contributed by atoms with Gasteiger partial charge in [-0.05, 0) is 39.9 Å². The molecule has 0 fully saturated rings. The van der Waals surface area contributed by atoms with Crippen LogP contribution in [-0.2, 0) is 20.4 Å².